The van der Waals surface area contributed by atoms with Crippen LogP contribution in [0.2, 0.25) is 0 Å². The number of hydrogen-bond acceptors (Lipinski definition) is 6. The van der Waals surface area contributed by atoms with Gasteiger partial charge in [-0.1, -0.05) is 103 Å². The van der Waals surface area contributed by atoms with E-state index in [0.29, 0.717) is 0 Å². The number of ketones is 1. The van der Waals surface area contributed by atoms with E-state index < -0.39 is 41.1 Å². The normalized spacial score (nSPS) is 23.5. The number of aliphatic hydroxyl groups is 1. The Balaban J connectivity index is 1.62. The van der Waals surface area contributed by atoms with Gasteiger partial charge in [0, 0.05) is 12.3 Å². The van der Waals surface area contributed by atoms with Crippen molar-refractivity contribution in [1.29, 1.82) is 0 Å². The molecule has 0 saturated heterocycles. The Morgan fingerprint density at radius 3 is 1.86 bits per heavy atom. The number of hydrogen-bond donors (Lipinski definition) is 1. The first kappa shape index (κ1) is 26.0. The largest absolute Gasteiger partial charge is 0.461 e. The summed E-state index contributed by atoms with van der Waals surface area (Å²) in [5.74, 6) is -5.24. The topological polar surface area (TPSA) is 89.9 Å². The zero-order valence-electron chi connectivity index (χ0n) is 20.7. The summed E-state index contributed by atoms with van der Waals surface area (Å²) >= 11 is 0. The Morgan fingerprint density at radius 1 is 0.838 bits per heavy atom. The summed E-state index contributed by atoms with van der Waals surface area (Å²) in [6, 6.07) is 27.7. The molecule has 0 aromatic heterocycles. The van der Waals surface area contributed by atoms with Crippen molar-refractivity contribution >= 4 is 23.8 Å². The Bertz CT molecular complexity index is 1230. The molecule has 37 heavy (non-hydrogen) atoms. The second-order valence-electron chi connectivity index (χ2n) is 9.49. The molecule has 0 aliphatic heterocycles. The van der Waals surface area contributed by atoms with Crippen molar-refractivity contribution in [2.45, 2.75) is 32.2 Å². The van der Waals surface area contributed by atoms with Crippen LogP contribution in [-0.4, -0.2) is 28.4 Å². The highest BCUT2D eigenvalue weighted by atomic mass is 16.5. The number of carbonyl (C=O) groups is 3. The van der Waals surface area contributed by atoms with Crippen LogP contribution in [0, 0.1) is 17.8 Å². The van der Waals surface area contributed by atoms with E-state index in [-0.39, 0.29) is 19.6 Å². The third-order valence-electron chi connectivity index (χ3n) is 6.58. The molecule has 1 N–H and O–H groups in total. The maximum Gasteiger partial charge on any atom is 0.317 e. The number of ether oxygens (including phenoxy) is 2. The van der Waals surface area contributed by atoms with Crippen molar-refractivity contribution in [2.24, 2.45) is 17.8 Å². The number of esters is 2. The molecular formula is C31H30O6. The molecule has 4 unspecified atom stereocenters. The fraction of sp³-hybridized carbons (Fsp3) is 0.258. The highest BCUT2D eigenvalue weighted by Crippen LogP contribution is 2.42. The van der Waals surface area contributed by atoms with Crippen molar-refractivity contribution in [3.05, 3.63) is 114 Å². The van der Waals surface area contributed by atoms with Crippen molar-refractivity contribution in [1.82, 2.24) is 0 Å². The Morgan fingerprint density at radius 2 is 1.32 bits per heavy atom. The van der Waals surface area contributed by atoms with Crippen LogP contribution in [0.4, 0.5) is 0 Å². The van der Waals surface area contributed by atoms with Gasteiger partial charge in [0.15, 0.2) is 5.78 Å². The molecule has 6 nitrogen and oxygen atoms in total. The predicted molar refractivity (Wildman–Crippen MR) is 139 cm³/mol. The fourth-order valence-electron chi connectivity index (χ4n) is 4.74. The van der Waals surface area contributed by atoms with Gasteiger partial charge in [-0.3, -0.25) is 14.4 Å². The summed E-state index contributed by atoms with van der Waals surface area (Å²) in [6.45, 7) is 1.45. The van der Waals surface area contributed by atoms with Gasteiger partial charge in [0.25, 0.3) is 0 Å². The monoisotopic (exact) mass is 498 g/mol. The van der Waals surface area contributed by atoms with Gasteiger partial charge in [0.05, 0.1) is 11.5 Å². The van der Waals surface area contributed by atoms with Crippen LogP contribution in [0.5, 0.6) is 0 Å². The highest BCUT2D eigenvalue weighted by Gasteiger charge is 2.55. The quantitative estimate of drug-likeness (QED) is 0.356. The zero-order chi connectivity index (χ0) is 26.3. The number of allylic oxidation sites excluding steroid dienone is 1. The van der Waals surface area contributed by atoms with Gasteiger partial charge in [-0.15, -0.1) is 0 Å². The molecule has 6 heteroatoms. The number of benzene rings is 3. The summed E-state index contributed by atoms with van der Waals surface area (Å²) in [4.78, 5) is 39.8. The van der Waals surface area contributed by atoms with E-state index in [4.69, 9.17) is 9.47 Å². The first-order valence-corrected chi connectivity index (χ1v) is 12.2. The summed E-state index contributed by atoms with van der Waals surface area (Å²) in [7, 11) is 0. The van der Waals surface area contributed by atoms with Crippen molar-refractivity contribution in [3.8, 4) is 0 Å². The van der Waals surface area contributed by atoms with Crippen LogP contribution in [0.15, 0.2) is 97.1 Å². The molecule has 1 fully saturated rings. The van der Waals surface area contributed by atoms with Gasteiger partial charge in [-0.2, -0.15) is 0 Å². The molecule has 0 radical (unpaired) electrons. The van der Waals surface area contributed by atoms with Gasteiger partial charge >= 0.3 is 11.9 Å². The van der Waals surface area contributed by atoms with Crippen LogP contribution >= 0.6 is 0 Å². The minimum atomic E-state index is -1.70. The third kappa shape index (κ3) is 6.60. The van der Waals surface area contributed by atoms with Crippen LogP contribution in [-0.2, 0) is 37.1 Å². The molecule has 1 aliphatic carbocycles. The van der Waals surface area contributed by atoms with Gasteiger partial charge in [0.1, 0.15) is 19.1 Å². The molecule has 0 amide bonds. The molecule has 3 aromatic carbocycles. The van der Waals surface area contributed by atoms with E-state index in [9.17, 15) is 19.5 Å². The average molecular weight is 499 g/mol. The van der Waals surface area contributed by atoms with E-state index in [1.54, 1.807) is 12.2 Å². The SMILES string of the molecule is CC1(O)CC(=O)C(C(=O)OCc2ccccc2)C(/C=C/c2ccccc2)C1C(=O)OCc1ccccc1. The van der Waals surface area contributed by atoms with Crippen molar-refractivity contribution in [3.63, 3.8) is 0 Å². The average Bonchev–Trinajstić information content (AvgIpc) is 2.90. The van der Waals surface area contributed by atoms with Crippen LogP contribution in [0.25, 0.3) is 6.08 Å². The fourth-order valence-corrected chi connectivity index (χ4v) is 4.74. The lowest BCUT2D eigenvalue weighted by atomic mass is 9.63. The van der Waals surface area contributed by atoms with E-state index in [2.05, 4.69) is 0 Å². The molecule has 1 aliphatic rings. The van der Waals surface area contributed by atoms with Crippen molar-refractivity contribution in [2.75, 3.05) is 0 Å². The van der Waals surface area contributed by atoms with Gasteiger partial charge < -0.3 is 14.6 Å². The highest BCUT2D eigenvalue weighted by molar-refractivity contribution is 6.02. The maximum atomic E-state index is 13.4. The van der Waals surface area contributed by atoms with E-state index in [1.165, 1.54) is 6.92 Å². The smallest absolute Gasteiger partial charge is 0.317 e. The minimum absolute atomic E-state index is 0.00190. The number of carbonyl (C=O) groups excluding carboxylic acids is 3. The van der Waals surface area contributed by atoms with Crippen LogP contribution < -0.4 is 0 Å². The lowest BCUT2D eigenvalue weighted by Crippen LogP contribution is -2.55. The Hall–Kier alpha value is -4.03. The molecule has 190 valence electrons. The minimum Gasteiger partial charge on any atom is -0.461 e. The molecule has 3 aromatic rings. The van der Waals surface area contributed by atoms with E-state index >= 15 is 0 Å². The molecule has 4 atom stereocenters. The van der Waals surface area contributed by atoms with Crippen LogP contribution in [0.3, 0.4) is 0 Å². The molecule has 0 bridgehead atoms. The predicted octanol–water partition coefficient (Wildman–Crippen LogP) is 4.76. The van der Waals surface area contributed by atoms with Gasteiger partial charge in [0.2, 0.25) is 0 Å². The Kier molecular flexibility index (Phi) is 8.31. The van der Waals surface area contributed by atoms with E-state index in [1.807, 2.05) is 91.0 Å². The number of Topliss-reactive ketones (excluding diaryl/α,β-unsaturated/α-hetero) is 1. The number of rotatable bonds is 8. The first-order chi connectivity index (χ1) is 17.8. The summed E-state index contributed by atoms with van der Waals surface area (Å²) in [5, 5.41) is 11.2. The second kappa shape index (κ2) is 11.8. The summed E-state index contributed by atoms with van der Waals surface area (Å²) in [6.07, 6.45) is 3.02. The van der Waals surface area contributed by atoms with E-state index in [0.717, 1.165) is 16.7 Å². The summed E-state index contributed by atoms with van der Waals surface area (Å²) < 4.78 is 11.1. The van der Waals surface area contributed by atoms with Gasteiger partial charge in [-0.25, -0.2) is 0 Å². The van der Waals surface area contributed by atoms with Gasteiger partial charge in [-0.05, 0) is 23.6 Å². The molecule has 4 rings (SSSR count). The Labute approximate surface area is 216 Å². The molecule has 0 spiro atoms. The lowest BCUT2D eigenvalue weighted by molar-refractivity contribution is -0.176. The lowest BCUT2D eigenvalue weighted by Gasteiger charge is -2.42. The zero-order valence-corrected chi connectivity index (χ0v) is 20.7. The third-order valence-corrected chi connectivity index (χ3v) is 6.58. The standard InChI is InChI=1S/C31H30O6/c1-31(35)19-26(32)27(29(33)36-20-23-13-7-3-8-14-23)25(18-17-22-11-5-2-6-12-22)28(31)30(34)37-21-24-15-9-4-10-16-24/h2-18,25,27-28,35H,19-21H2,1H3/b18-17+. The van der Waals surface area contributed by atoms with Crippen molar-refractivity contribution < 1.29 is 29.0 Å². The maximum absolute atomic E-state index is 13.4. The molecular weight excluding hydrogens is 468 g/mol. The second-order valence-corrected chi connectivity index (χ2v) is 9.49. The molecule has 1 saturated carbocycles. The first-order valence-electron chi connectivity index (χ1n) is 12.2. The molecule has 0 heterocycles. The summed E-state index contributed by atoms with van der Waals surface area (Å²) in [5.41, 5.74) is 0.694. The van der Waals surface area contributed by atoms with Crippen LogP contribution in [0.1, 0.15) is 30.0 Å².